The van der Waals surface area contributed by atoms with E-state index in [1.807, 2.05) is 19.1 Å². The van der Waals surface area contributed by atoms with Gasteiger partial charge in [0.25, 0.3) is 0 Å². The van der Waals surface area contributed by atoms with Crippen molar-refractivity contribution in [3.63, 3.8) is 0 Å². The average molecular weight is 184 g/mol. The number of pyridine rings is 1. The van der Waals surface area contributed by atoms with Crippen molar-refractivity contribution in [3.05, 3.63) is 24.4 Å². The quantitative estimate of drug-likeness (QED) is 0.703. The summed E-state index contributed by atoms with van der Waals surface area (Å²) in [5, 5.41) is 0. The van der Waals surface area contributed by atoms with Crippen LogP contribution in [-0.4, -0.2) is 21.2 Å². The molecule has 1 aromatic heterocycles. The molecule has 1 rings (SSSR count). The molecule has 1 atom stereocenters. The molecule has 0 radical (unpaired) electrons. The van der Waals surface area contributed by atoms with Crippen molar-refractivity contribution in [3.8, 4) is 0 Å². The van der Waals surface area contributed by atoms with Gasteiger partial charge >= 0.3 is 0 Å². The molecule has 0 N–H and O–H groups in total. The molecule has 66 valence electrons. The highest BCUT2D eigenvalue weighted by molar-refractivity contribution is 7.93. The summed E-state index contributed by atoms with van der Waals surface area (Å²) in [7, 11) is -2.06. The van der Waals surface area contributed by atoms with Gasteiger partial charge in [-0.1, -0.05) is 13.0 Å². The minimum atomic E-state index is -2.06. The van der Waals surface area contributed by atoms with Gasteiger partial charge in [0.05, 0.1) is 9.73 Å². The molecule has 1 heterocycles. The number of aromatic nitrogens is 1. The van der Waals surface area contributed by atoms with E-state index in [2.05, 4.69) is 9.35 Å². The molecule has 12 heavy (non-hydrogen) atoms. The molecule has 0 fully saturated rings. The lowest BCUT2D eigenvalue weighted by atomic mass is 10.5. The minimum absolute atomic E-state index is 0.548. The first-order chi connectivity index (χ1) is 5.64. The van der Waals surface area contributed by atoms with Crippen LogP contribution < -0.4 is 0 Å². The van der Waals surface area contributed by atoms with Crippen molar-refractivity contribution in [1.82, 2.24) is 4.98 Å². The van der Waals surface area contributed by atoms with Gasteiger partial charge in [-0.15, -0.1) is 0 Å². The first-order valence-corrected chi connectivity index (χ1v) is 5.84. The van der Waals surface area contributed by atoms with E-state index in [9.17, 15) is 4.21 Å². The van der Waals surface area contributed by atoms with Crippen LogP contribution in [0.25, 0.3) is 0 Å². The lowest BCUT2D eigenvalue weighted by molar-refractivity contribution is 0.681. The van der Waals surface area contributed by atoms with E-state index in [0.29, 0.717) is 11.6 Å². The lowest BCUT2D eigenvalue weighted by Gasteiger charge is -1.97. The Bertz CT molecular complexity index is 353. The summed E-state index contributed by atoms with van der Waals surface area (Å²) in [6, 6.07) is 5.39. The Labute approximate surface area is 73.0 Å². The Morgan fingerprint density at radius 2 is 2.33 bits per heavy atom. The van der Waals surface area contributed by atoms with E-state index in [1.54, 1.807) is 18.5 Å². The first-order valence-electron chi connectivity index (χ1n) is 3.75. The van der Waals surface area contributed by atoms with E-state index in [1.165, 1.54) is 0 Å². The summed E-state index contributed by atoms with van der Waals surface area (Å²) in [4.78, 5) is 3.97. The Kier molecular flexibility index (Phi) is 2.81. The normalized spacial score (nSPS) is 15.2. The molecule has 0 aromatic carbocycles. The fraction of sp³-hybridized carbons (Fsp3) is 0.375. The van der Waals surface area contributed by atoms with Crippen LogP contribution in [0.2, 0.25) is 0 Å². The van der Waals surface area contributed by atoms with E-state index < -0.39 is 9.73 Å². The second kappa shape index (κ2) is 3.67. The standard InChI is InChI=1S/C8H12N2OS/c1-3-12(2,11)10-8-6-4-5-7-9-8/h4-7H,3H2,1-2H3. The molecule has 3 nitrogen and oxygen atoms in total. The fourth-order valence-electron chi connectivity index (χ4n) is 0.670. The topological polar surface area (TPSA) is 42.3 Å². The van der Waals surface area contributed by atoms with E-state index in [4.69, 9.17) is 0 Å². The van der Waals surface area contributed by atoms with Crippen LogP contribution in [0.3, 0.4) is 0 Å². The summed E-state index contributed by atoms with van der Waals surface area (Å²) >= 11 is 0. The fourth-order valence-corrected chi connectivity index (χ4v) is 1.30. The second-order valence-corrected chi connectivity index (χ2v) is 5.21. The summed E-state index contributed by atoms with van der Waals surface area (Å²) in [5.41, 5.74) is 0. The van der Waals surface area contributed by atoms with Crippen molar-refractivity contribution >= 4 is 15.5 Å². The second-order valence-electron chi connectivity index (χ2n) is 2.53. The Hall–Kier alpha value is -0.900. The van der Waals surface area contributed by atoms with Gasteiger partial charge in [-0.3, -0.25) is 0 Å². The highest BCUT2D eigenvalue weighted by Gasteiger charge is 1.96. The molecular formula is C8H12N2OS. The van der Waals surface area contributed by atoms with Gasteiger partial charge in [0.15, 0.2) is 5.82 Å². The third-order valence-electron chi connectivity index (χ3n) is 1.47. The summed E-state index contributed by atoms with van der Waals surface area (Å²) < 4.78 is 15.5. The van der Waals surface area contributed by atoms with Crippen LogP contribution in [0.1, 0.15) is 6.92 Å². The SMILES string of the molecule is CCS(C)(=O)=Nc1ccccn1. The summed E-state index contributed by atoms with van der Waals surface area (Å²) in [6.07, 6.45) is 3.28. The maximum Gasteiger partial charge on any atom is 0.161 e. The molecule has 1 aromatic rings. The molecule has 4 heteroatoms. The van der Waals surface area contributed by atoms with Crippen LogP contribution >= 0.6 is 0 Å². The van der Waals surface area contributed by atoms with Crippen molar-refractivity contribution in [2.75, 3.05) is 12.0 Å². The van der Waals surface area contributed by atoms with E-state index in [-0.39, 0.29) is 0 Å². The van der Waals surface area contributed by atoms with Crippen molar-refractivity contribution in [1.29, 1.82) is 0 Å². The smallest absolute Gasteiger partial charge is 0.161 e. The molecule has 0 saturated heterocycles. The van der Waals surface area contributed by atoms with Gasteiger partial charge in [0, 0.05) is 18.2 Å². The van der Waals surface area contributed by atoms with Gasteiger partial charge in [0.1, 0.15) is 0 Å². The molecule has 0 aliphatic rings. The number of hydrogen-bond donors (Lipinski definition) is 0. The molecule has 0 bridgehead atoms. The predicted molar refractivity (Wildman–Crippen MR) is 50.9 cm³/mol. The zero-order valence-electron chi connectivity index (χ0n) is 7.23. The molecule has 0 saturated carbocycles. The van der Waals surface area contributed by atoms with Crippen LogP contribution in [0.5, 0.6) is 0 Å². The Morgan fingerprint density at radius 3 is 2.83 bits per heavy atom. The number of hydrogen-bond acceptors (Lipinski definition) is 3. The molecule has 0 aliphatic heterocycles. The third kappa shape index (κ3) is 2.62. The van der Waals surface area contributed by atoms with Gasteiger partial charge in [-0.05, 0) is 12.1 Å². The van der Waals surface area contributed by atoms with Crippen molar-refractivity contribution < 1.29 is 4.21 Å². The zero-order valence-corrected chi connectivity index (χ0v) is 8.04. The monoisotopic (exact) mass is 184 g/mol. The van der Waals surface area contributed by atoms with Crippen LogP contribution in [-0.2, 0) is 9.73 Å². The first kappa shape index (κ1) is 9.19. The van der Waals surface area contributed by atoms with Gasteiger partial charge in [-0.2, -0.15) is 4.36 Å². The average Bonchev–Trinajstić information content (AvgIpc) is 2.06. The molecule has 0 spiro atoms. The van der Waals surface area contributed by atoms with Crippen molar-refractivity contribution in [2.45, 2.75) is 6.92 Å². The third-order valence-corrected chi connectivity index (χ3v) is 3.12. The van der Waals surface area contributed by atoms with Crippen LogP contribution in [0.15, 0.2) is 28.8 Å². The lowest BCUT2D eigenvalue weighted by Crippen LogP contribution is -1.97. The molecule has 0 amide bonds. The van der Waals surface area contributed by atoms with Crippen LogP contribution in [0, 0.1) is 0 Å². The van der Waals surface area contributed by atoms with Crippen molar-refractivity contribution in [2.24, 2.45) is 4.36 Å². The zero-order chi connectivity index (χ0) is 9.03. The molecule has 0 aliphatic carbocycles. The van der Waals surface area contributed by atoms with Gasteiger partial charge in [0.2, 0.25) is 0 Å². The molecule has 1 unspecified atom stereocenters. The largest absolute Gasteiger partial charge is 0.250 e. The Morgan fingerprint density at radius 1 is 1.58 bits per heavy atom. The van der Waals surface area contributed by atoms with E-state index in [0.717, 1.165) is 0 Å². The summed E-state index contributed by atoms with van der Waals surface area (Å²) in [5.74, 6) is 1.11. The van der Waals surface area contributed by atoms with Gasteiger partial charge in [-0.25, -0.2) is 9.19 Å². The Balaban J connectivity index is 3.04. The van der Waals surface area contributed by atoms with Crippen LogP contribution in [0.4, 0.5) is 5.82 Å². The number of rotatable bonds is 2. The molecular weight excluding hydrogens is 172 g/mol. The summed E-state index contributed by atoms with van der Waals surface area (Å²) in [6.45, 7) is 1.86. The maximum atomic E-state index is 11.5. The predicted octanol–water partition coefficient (Wildman–Crippen LogP) is 1.83. The highest BCUT2D eigenvalue weighted by atomic mass is 32.2. The maximum absolute atomic E-state index is 11.5. The van der Waals surface area contributed by atoms with E-state index >= 15 is 0 Å². The minimum Gasteiger partial charge on any atom is -0.250 e. The number of nitrogens with zero attached hydrogens (tertiary/aromatic N) is 2. The van der Waals surface area contributed by atoms with Gasteiger partial charge < -0.3 is 0 Å². The highest BCUT2D eigenvalue weighted by Crippen LogP contribution is 2.08.